The lowest BCUT2D eigenvalue weighted by atomic mass is 10.2. The number of hydrogen-bond acceptors (Lipinski definition) is 3. The summed E-state index contributed by atoms with van der Waals surface area (Å²) in [5.41, 5.74) is 6.54. The number of imide groups is 1. The molecule has 5 heteroatoms. The molecule has 1 aromatic rings. The first-order chi connectivity index (χ1) is 8.09. The van der Waals surface area contributed by atoms with Gasteiger partial charge in [-0.15, -0.1) is 0 Å². The number of nitrogens with two attached hydrogens (primary N) is 1. The number of carbonyl (C=O) groups excluding carboxylic acids is 2. The van der Waals surface area contributed by atoms with Gasteiger partial charge in [-0.05, 0) is 17.7 Å². The van der Waals surface area contributed by atoms with Crippen molar-refractivity contribution in [2.75, 3.05) is 0 Å². The lowest BCUT2D eigenvalue weighted by Crippen LogP contribution is -2.36. The standard InChI is InChI=1S/C12H11ClN2O2/c13-7-3-1-6(2-4-7)5-15-11(16)8-9(10(8)14)12(15)17/h1-4,8-10H,5,14H2. The van der Waals surface area contributed by atoms with Crippen LogP contribution in [0.15, 0.2) is 24.3 Å². The second-order valence-electron chi connectivity index (χ2n) is 4.52. The van der Waals surface area contributed by atoms with Gasteiger partial charge in [-0.1, -0.05) is 23.7 Å². The minimum Gasteiger partial charge on any atom is -0.326 e. The van der Waals surface area contributed by atoms with Gasteiger partial charge < -0.3 is 5.73 Å². The molecule has 2 fully saturated rings. The number of halogens is 1. The highest BCUT2D eigenvalue weighted by molar-refractivity contribution is 6.30. The first-order valence-electron chi connectivity index (χ1n) is 5.45. The molecule has 1 heterocycles. The number of benzene rings is 1. The van der Waals surface area contributed by atoms with Crippen LogP contribution in [0.3, 0.4) is 0 Å². The summed E-state index contributed by atoms with van der Waals surface area (Å²) in [7, 11) is 0. The van der Waals surface area contributed by atoms with E-state index in [2.05, 4.69) is 0 Å². The van der Waals surface area contributed by atoms with Crippen LogP contribution in [0.2, 0.25) is 5.02 Å². The van der Waals surface area contributed by atoms with Gasteiger partial charge in [0.2, 0.25) is 11.8 Å². The lowest BCUT2D eigenvalue weighted by Gasteiger charge is -2.17. The summed E-state index contributed by atoms with van der Waals surface area (Å²) in [5, 5.41) is 0.637. The van der Waals surface area contributed by atoms with Gasteiger partial charge in [0.25, 0.3) is 0 Å². The molecule has 3 rings (SSSR count). The van der Waals surface area contributed by atoms with Gasteiger partial charge in [0.1, 0.15) is 0 Å². The van der Waals surface area contributed by atoms with Crippen molar-refractivity contribution in [3.63, 3.8) is 0 Å². The monoisotopic (exact) mass is 250 g/mol. The number of amides is 2. The molecule has 2 atom stereocenters. The molecule has 1 saturated heterocycles. The van der Waals surface area contributed by atoms with E-state index in [0.717, 1.165) is 5.56 Å². The zero-order valence-corrected chi connectivity index (χ0v) is 9.72. The summed E-state index contributed by atoms with van der Waals surface area (Å²) in [5.74, 6) is -0.811. The third-order valence-electron chi connectivity index (χ3n) is 3.43. The quantitative estimate of drug-likeness (QED) is 0.789. The third-order valence-corrected chi connectivity index (χ3v) is 3.68. The Morgan fingerprint density at radius 2 is 1.65 bits per heavy atom. The number of nitrogens with zero attached hydrogens (tertiary/aromatic N) is 1. The molecule has 1 aliphatic carbocycles. The van der Waals surface area contributed by atoms with E-state index in [4.69, 9.17) is 17.3 Å². The van der Waals surface area contributed by atoms with Crippen LogP contribution in [0, 0.1) is 11.8 Å². The summed E-state index contributed by atoms with van der Waals surface area (Å²) in [6.07, 6.45) is 0. The smallest absolute Gasteiger partial charge is 0.235 e. The normalized spacial score (nSPS) is 30.7. The lowest BCUT2D eigenvalue weighted by molar-refractivity contribution is -0.142. The van der Waals surface area contributed by atoms with E-state index < -0.39 is 0 Å². The Kier molecular flexibility index (Phi) is 2.24. The van der Waals surface area contributed by atoms with Gasteiger partial charge in [-0.25, -0.2) is 0 Å². The molecule has 1 aliphatic heterocycles. The molecule has 88 valence electrons. The third kappa shape index (κ3) is 1.56. The second kappa shape index (κ2) is 3.55. The average molecular weight is 251 g/mol. The summed E-state index contributed by atoms with van der Waals surface area (Å²) in [6, 6.07) is 6.86. The molecule has 4 nitrogen and oxygen atoms in total. The molecule has 0 bridgehead atoms. The number of likely N-dealkylation sites (tertiary alicyclic amines) is 1. The number of piperidine rings is 1. The Balaban J connectivity index is 1.77. The van der Waals surface area contributed by atoms with E-state index in [1.165, 1.54) is 4.90 Å². The maximum Gasteiger partial charge on any atom is 0.235 e. The van der Waals surface area contributed by atoms with Gasteiger partial charge in [-0.3, -0.25) is 14.5 Å². The second-order valence-corrected chi connectivity index (χ2v) is 4.95. The first-order valence-corrected chi connectivity index (χ1v) is 5.82. The van der Waals surface area contributed by atoms with E-state index in [1.54, 1.807) is 12.1 Å². The predicted octanol–water partition coefficient (Wildman–Crippen LogP) is 0.782. The molecule has 2 amide bonds. The Labute approximate surface area is 103 Å². The Bertz CT molecular complexity index is 478. The van der Waals surface area contributed by atoms with Crippen molar-refractivity contribution in [3.8, 4) is 0 Å². The van der Waals surface area contributed by atoms with Crippen LogP contribution >= 0.6 is 11.6 Å². The van der Waals surface area contributed by atoms with Crippen LogP contribution in [0.1, 0.15) is 5.56 Å². The van der Waals surface area contributed by atoms with Crippen molar-refractivity contribution in [1.82, 2.24) is 4.90 Å². The van der Waals surface area contributed by atoms with Crippen molar-refractivity contribution in [1.29, 1.82) is 0 Å². The predicted molar refractivity (Wildman–Crippen MR) is 62.0 cm³/mol. The molecule has 2 aliphatic rings. The van der Waals surface area contributed by atoms with Gasteiger partial charge in [0.05, 0.1) is 18.4 Å². The van der Waals surface area contributed by atoms with Gasteiger partial charge in [0, 0.05) is 11.1 Å². The minimum absolute atomic E-state index is 0.137. The molecule has 17 heavy (non-hydrogen) atoms. The summed E-state index contributed by atoms with van der Waals surface area (Å²) >= 11 is 5.77. The molecule has 1 saturated carbocycles. The molecule has 2 unspecified atom stereocenters. The molecule has 0 aromatic heterocycles. The number of carbonyl (C=O) groups is 2. The van der Waals surface area contributed by atoms with E-state index >= 15 is 0 Å². The van der Waals surface area contributed by atoms with E-state index in [-0.39, 0.29) is 29.7 Å². The number of hydrogen-bond donors (Lipinski definition) is 1. The maximum absolute atomic E-state index is 11.8. The van der Waals surface area contributed by atoms with Crippen LogP contribution in [-0.2, 0) is 16.1 Å². The molecule has 0 spiro atoms. The largest absolute Gasteiger partial charge is 0.326 e. The highest BCUT2D eigenvalue weighted by Gasteiger charge is 2.65. The van der Waals surface area contributed by atoms with E-state index in [0.29, 0.717) is 11.6 Å². The fourth-order valence-corrected chi connectivity index (χ4v) is 2.49. The summed E-state index contributed by atoms with van der Waals surface area (Å²) in [4.78, 5) is 25.0. The fraction of sp³-hybridized carbons (Fsp3) is 0.333. The summed E-state index contributed by atoms with van der Waals surface area (Å²) < 4.78 is 0. The van der Waals surface area contributed by atoms with Crippen LogP contribution < -0.4 is 5.73 Å². The topological polar surface area (TPSA) is 63.4 Å². The fourth-order valence-electron chi connectivity index (χ4n) is 2.37. The highest BCUT2D eigenvalue weighted by atomic mass is 35.5. The number of fused-ring (bicyclic) bond motifs is 1. The zero-order chi connectivity index (χ0) is 12.2. The summed E-state index contributed by atoms with van der Waals surface area (Å²) in [6.45, 7) is 0.314. The Morgan fingerprint density at radius 3 is 2.18 bits per heavy atom. The molecule has 1 aromatic carbocycles. The van der Waals surface area contributed by atoms with Gasteiger partial charge in [0.15, 0.2) is 0 Å². The molecular formula is C12H11ClN2O2. The zero-order valence-electron chi connectivity index (χ0n) is 8.97. The molecule has 0 radical (unpaired) electrons. The van der Waals surface area contributed by atoms with Crippen molar-refractivity contribution in [2.45, 2.75) is 12.6 Å². The van der Waals surface area contributed by atoms with Crippen LogP contribution in [0.4, 0.5) is 0 Å². The first kappa shape index (κ1) is 10.7. The highest BCUT2D eigenvalue weighted by Crippen LogP contribution is 2.46. The van der Waals surface area contributed by atoms with E-state index in [1.807, 2.05) is 12.1 Å². The van der Waals surface area contributed by atoms with Crippen molar-refractivity contribution >= 4 is 23.4 Å². The molecular weight excluding hydrogens is 240 g/mol. The maximum atomic E-state index is 11.8. The molecule has 2 N–H and O–H groups in total. The average Bonchev–Trinajstić information content (AvgIpc) is 2.90. The van der Waals surface area contributed by atoms with Crippen LogP contribution in [-0.4, -0.2) is 22.8 Å². The van der Waals surface area contributed by atoms with Crippen molar-refractivity contribution < 1.29 is 9.59 Å². The Hall–Kier alpha value is -1.39. The van der Waals surface area contributed by atoms with Crippen LogP contribution in [0.25, 0.3) is 0 Å². The van der Waals surface area contributed by atoms with Crippen LogP contribution in [0.5, 0.6) is 0 Å². The Morgan fingerprint density at radius 1 is 1.12 bits per heavy atom. The minimum atomic E-state index is -0.269. The number of rotatable bonds is 2. The van der Waals surface area contributed by atoms with Crippen molar-refractivity contribution in [2.24, 2.45) is 17.6 Å². The van der Waals surface area contributed by atoms with Gasteiger partial charge in [-0.2, -0.15) is 0 Å². The SMILES string of the molecule is NC1C2C(=O)N(Cc3ccc(Cl)cc3)C(=O)C12. The van der Waals surface area contributed by atoms with Gasteiger partial charge >= 0.3 is 0 Å². The van der Waals surface area contributed by atoms with Crippen molar-refractivity contribution in [3.05, 3.63) is 34.9 Å². The van der Waals surface area contributed by atoms with E-state index in [9.17, 15) is 9.59 Å².